The largest absolute Gasteiger partial charge is 0.383 e. The van der Waals surface area contributed by atoms with Crippen LogP contribution in [0.2, 0.25) is 10.0 Å². The van der Waals surface area contributed by atoms with E-state index < -0.39 is 5.91 Å². The van der Waals surface area contributed by atoms with Gasteiger partial charge in [0.25, 0.3) is 5.91 Å². The molecule has 2 aromatic carbocycles. The standard InChI is InChI=1S/C19H18Cl2N2O2S/c1-11-8-16-17(9-12(11)2)26-19(23(16)6-7-25-3)22-18(24)14-5-4-13(20)10-15(14)21/h4-5,8-10H,6-7H2,1-3H3. The van der Waals surface area contributed by atoms with Crippen molar-refractivity contribution in [1.29, 1.82) is 0 Å². The molecule has 0 radical (unpaired) electrons. The number of benzene rings is 2. The van der Waals surface area contributed by atoms with Gasteiger partial charge in [0.15, 0.2) is 4.80 Å². The highest BCUT2D eigenvalue weighted by Gasteiger charge is 2.13. The van der Waals surface area contributed by atoms with Crippen LogP contribution in [0.3, 0.4) is 0 Å². The summed E-state index contributed by atoms with van der Waals surface area (Å²) >= 11 is 13.5. The summed E-state index contributed by atoms with van der Waals surface area (Å²) in [5, 5.41) is 0.775. The minimum atomic E-state index is -0.391. The summed E-state index contributed by atoms with van der Waals surface area (Å²) in [5.41, 5.74) is 3.78. The summed E-state index contributed by atoms with van der Waals surface area (Å²) in [7, 11) is 1.65. The first kappa shape index (κ1) is 19.1. The molecule has 0 aliphatic rings. The monoisotopic (exact) mass is 408 g/mol. The minimum Gasteiger partial charge on any atom is -0.383 e. The number of nitrogens with zero attached hydrogens (tertiary/aromatic N) is 2. The molecular weight excluding hydrogens is 391 g/mol. The highest BCUT2D eigenvalue weighted by atomic mass is 35.5. The highest BCUT2D eigenvalue weighted by Crippen LogP contribution is 2.23. The van der Waals surface area contributed by atoms with E-state index in [2.05, 4.69) is 31.0 Å². The number of ether oxygens (including phenoxy) is 1. The quantitative estimate of drug-likeness (QED) is 0.608. The molecule has 0 saturated heterocycles. The van der Waals surface area contributed by atoms with Crippen LogP contribution in [-0.4, -0.2) is 24.2 Å². The van der Waals surface area contributed by atoms with Crippen LogP contribution in [0, 0.1) is 13.8 Å². The number of aryl methyl sites for hydroxylation is 2. The van der Waals surface area contributed by atoms with E-state index in [0.717, 1.165) is 10.2 Å². The summed E-state index contributed by atoms with van der Waals surface area (Å²) < 4.78 is 8.31. The number of methoxy groups -OCH3 is 1. The molecule has 7 heteroatoms. The third-order valence-corrected chi connectivity index (χ3v) is 5.76. The predicted octanol–water partition coefficient (Wildman–Crippen LogP) is 5.01. The summed E-state index contributed by atoms with van der Waals surface area (Å²) in [5.74, 6) is -0.391. The predicted molar refractivity (Wildman–Crippen MR) is 108 cm³/mol. The second-order valence-corrected chi connectivity index (χ2v) is 7.83. The van der Waals surface area contributed by atoms with E-state index in [4.69, 9.17) is 27.9 Å². The van der Waals surface area contributed by atoms with Gasteiger partial charge in [-0.2, -0.15) is 4.99 Å². The fourth-order valence-corrected chi connectivity index (χ4v) is 4.24. The average molecular weight is 409 g/mol. The van der Waals surface area contributed by atoms with Crippen LogP contribution < -0.4 is 4.80 Å². The number of carbonyl (C=O) groups is 1. The molecule has 1 amide bonds. The normalized spacial score (nSPS) is 12.1. The van der Waals surface area contributed by atoms with E-state index in [9.17, 15) is 4.79 Å². The van der Waals surface area contributed by atoms with Crippen molar-refractivity contribution in [3.8, 4) is 0 Å². The molecule has 1 heterocycles. The Kier molecular flexibility index (Phi) is 5.82. The van der Waals surface area contributed by atoms with Crippen molar-refractivity contribution in [1.82, 2.24) is 4.57 Å². The number of fused-ring (bicyclic) bond motifs is 1. The lowest BCUT2D eigenvalue weighted by Gasteiger charge is -2.06. The molecule has 0 unspecified atom stereocenters. The Hall–Kier alpha value is -1.66. The second kappa shape index (κ2) is 7.92. The molecule has 3 aromatic rings. The van der Waals surface area contributed by atoms with Crippen molar-refractivity contribution in [3.05, 3.63) is 61.9 Å². The minimum absolute atomic E-state index is 0.294. The van der Waals surface area contributed by atoms with Gasteiger partial charge in [-0.1, -0.05) is 34.5 Å². The number of thiazole rings is 1. The molecule has 0 bridgehead atoms. The number of rotatable bonds is 4. The Morgan fingerprint density at radius 1 is 1.19 bits per heavy atom. The van der Waals surface area contributed by atoms with Crippen LogP contribution >= 0.6 is 34.5 Å². The maximum Gasteiger partial charge on any atom is 0.281 e. The number of aromatic nitrogens is 1. The molecule has 0 aliphatic heterocycles. The van der Waals surface area contributed by atoms with Gasteiger partial charge in [0, 0.05) is 18.7 Å². The molecule has 0 N–H and O–H groups in total. The average Bonchev–Trinajstić information content (AvgIpc) is 2.89. The van der Waals surface area contributed by atoms with Gasteiger partial charge < -0.3 is 9.30 Å². The Morgan fingerprint density at radius 3 is 2.62 bits per heavy atom. The highest BCUT2D eigenvalue weighted by molar-refractivity contribution is 7.16. The first-order chi connectivity index (χ1) is 12.4. The Balaban J connectivity index is 2.15. The lowest BCUT2D eigenvalue weighted by Crippen LogP contribution is -2.19. The molecule has 0 saturated carbocycles. The van der Waals surface area contributed by atoms with E-state index in [1.165, 1.54) is 22.5 Å². The first-order valence-corrected chi connectivity index (χ1v) is 9.61. The smallest absolute Gasteiger partial charge is 0.281 e. The third-order valence-electron chi connectivity index (χ3n) is 4.18. The van der Waals surface area contributed by atoms with E-state index in [1.54, 1.807) is 25.3 Å². The van der Waals surface area contributed by atoms with Crippen molar-refractivity contribution in [2.45, 2.75) is 20.4 Å². The van der Waals surface area contributed by atoms with Crippen LogP contribution in [0.25, 0.3) is 10.2 Å². The second-order valence-electron chi connectivity index (χ2n) is 5.97. The zero-order chi connectivity index (χ0) is 18.8. The fraction of sp³-hybridized carbons (Fsp3) is 0.263. The molecule has 0 aliphatic carbocycles. The van der Waals surface area contributed by atoms with Gasteiger partial charge >= 0.3 is 0 Å². The summed E-state index contributed by atoms with van der Waals surface area (Å²) in [4.78, 5) is 17.6. The fourth-order valence-electron chi connectivity index (χ4n) is 2.62. The van der Waals surface area contributed by atoms with E-state index >= 15 is 0 Å². The van der Waals surface area contributed by atoms with Crippen LogP contribution in [0.4, 0.5) is 0 Å². The van der Waals surface area contributed by atoms with Gasteiger partial charge in [-0.15, -0.1) is 0 Å². The van der Waals surface area contributed by atoms with Crippen molar-refractivity contribution >= 4 is 50.7 Å². The Labute approximate surface area is 165 Å². The van der Waals surface area contributed by atoms with E-state index in [0.29, 0.717) is 33.6 Å². The van der Waals surface area contributed by atoms with Gasteiger partial charge in [0.1, 0.15) is 0 Å². The van der Waals surface area contributed by atoms with Gasteiger partial charge in [-0.25, -0.2) is 0 Å². The van der Waals surface area contributed by atoms with Gasteiger partial charge in [0.2, 0.25) is 0 Å². The van der Waals surface area contributed by atoms with E-state index in [1.807, 2.05) is 4.57 Å². The molecule has 26 heavy (non-hydrogen) atoms. The molecular formula is C19H18Cl2N2O2S. The Morgan fingerprint density at radius 2 is 1.92 bits per heavy atom. The molecule has 0 spiro atoms. The van der Waals surface area contributed by atoms with Crippen molar-refractivity contribution in [3.63, 3.8) is 0 Å². The Bertz CT molecular complexity index is 1050. The number of hydrogen-bond acceptors (Lipinski definition) is 3. The maximum absolute atomic E-state index is 12.7. The van der Waals surface area contributed by atoms with Crippen molar-refractivity contribution < 1.29 is 9.53 Å². The lowest BCUT2D eigenvalue weighted by molar-refractivity contribution is 0.0997. The summed E-state index contributed by atoms with van der Waals surface area (Å²) in [6, 6.07) is 9.01. The molecule has 0 fully saturated rings. The number of hydrogen-bond donors (Lipinski definition) is 0. The van der Waals surface area contributed by atoms with Crippen LogP contribution in [-0.2, 0) is 11.3 Å². The molecule has 0 atom stereocenters. The van der Waals surface area contributed by atoms with Crippen LogP contribution in [0.1, 0.15) is 21.5 Å². The zero-order valence-corrected chi connectivity index (χ0v) is 17.0. The van der Waals surface area contributed by atoms with Crippen LogP contribution in [0.5, 0.6) is 0 Å². The van der Waals surface area contributed by atoms with Crippen molar-refractivity contribution in [2.24, 2.45) is 4.99 Å². The molecule has 136 valence electrons. The summed E-state index contributed by atoms with van der Waals surface area (Å²) in [6.45, 7) is 5.29. The number of carbonyl (C=O) groups excluding carboxylic acids is 1. The number of amides is 1. The third kappa shape index (κ3) is 3.86. The molecule has 1 aromatic heterocycles. The SMILES string of the molecule is COCCn1c(=NC(=O)c2ccc(Cl)cc2Cl)sc2cc(C)c(C)cc21. The maximum atomic E-state index is 12.7. The van der Waals surface area contributed by atoms with Crippen LogP contribution in [0.15, 0.2) is 35.3 Å². The molecule has 3 rings (SSSR count). The van der Waals surface area contributed by atoms with Gasteiger partial charge in [-0.05, 0) is 55.3 Å². The topological polar surface area (TPSA) is 43.6 Å². The zero-order valence-electron chi connectivity index (χ0n) is 14.7. The van der Waals surface area contributed by atoms with Crippen molar-refractivity contribution in [2.75, 3.05) is 13.7 Å². The summed E-state index contributed by atoms with van der Waals surface area (Å²) in [6.07, 6.45) is 0. The lowest BCUT2D eigenvalue weighted by atomic mass is 10.1. The van der Waals surface area contributed by atoms with Gasteiger partial charge in [0.05, 0.1) is 27.4 Å². The van der Waals surface area contributed by atoms with E-state index in [-0.39, 0.29) is 0 Å². The first-order valence-electron chi connectivity index (χ1n) is 8.04. The van der Waals surface area contributed by atoms with Gasteiger partial charge in [-0.3, -0.25) is 4.79 Å². The number of halogens is 2. The molecule has 4 nitrogen and oxygen atoms in total.